The number of carboxylic acids is 1. The van der Waals surface area contributed by atoms with E-state index >= 15 is 0 Å². The van der Waals surface area contributed by atoms with Crippen molar-refractivity contribution in [2.75, 3.05) is 0 Å². The van der Waals surface area contributed by atoms with Gasteiger partial charge in [0.2, 0.25) is 0 Å². The number of rotatable bonds is 3. The summed E-state index contributed by atoms with van der Waals surface area (Å²) in [5.74, 6) is -1.45. The number of carboxylic acid groups (broad SMARTS) is 1. The molecular formula is C12H12N2O3. The van der Waals surface area contributed by atoms with Gasteiger partial charge in [-0.05, 0) is 13.0 Å². The van der Waals surface area contributed by atoms with Crippen molar-refractivity contribution in [1.29, 1.82) is 0 Å². The van der Waals surface area contributed by atoms with Crippen LogP contribution in [0.3, 0.4) is 0 Å². The van der Waals surface area contributed by atoms with Gasteiger partial charge in [-0.1, -0.05) is 18.2 Å². The Labute approximate surface area is 97.4 Å². The second-order valence-electron chi connectivity index (χ2n) is 3.78. The van der Waals surface area contributed by atoms with Crippen molar-refractivity contribution in [2.45, 2.75) is 13.0 Å². The van der Waals surface area contributed by atoms with E-state index in [0.717, 1.165) is 10.9 Å². The molecule has 2 aromatic rings. The lowest BCUT2D eigenvalue weighted by molar-refractivity contribution is -0.138. The molecule has 0 aliphatic carbocycles. The minimum absolute atomic E-state index is 0.391. The molecule has 0 bridgehead atoms. The maximum Gasteiger partial charge on any atom is 0.325 e. The lowest BCUT2D eigenvalue weighted by Crippen LogP contribution is -2.38. The maximum atomic E-state index is 11.8. The number of nitrogens with one attached hydrogen (secondary N) is 2. The van der Waals surface area contributed by atoms with Crippen LogP contribution in [0.2, 0.25) is 0 Å². The summed E-state index contributed by atoms with van der Waals surface area (Å²) in [7, 11) is 0. The maximum absolute atomic E-state index is 11.8. The molecule has 1 aromatic heterocycles. The molecule has 0 unspecified atom stereocenters. The van der Waals surface area contributed by atoms with Crippen molar-refractivity contribution < 1.29 is 14.7 Å². The zero-order chi connectivity index (χ0) is 12.4. The Balaban J connectivity index is 2.28. The fourth-order valence-electron chi connectivity index (χ4n) is 1.60. The predicted octanol–water partition coefficient (Wildman–Crippen LogP) is 1.37. The van der Waals surface area contributed by atoms with Crippen molar-refractivity contribution in [3.8, 4) is 0 Å². The highest BCUT2D eigenvalue weighted by atomic mass is 16.4. The summed E-state index contributed by atoms with van der Waals surface area (Å²) in [6, 6.07) is 6.45. The predicted molar refractivity (Wildman–Crippen MR) is 62.9 cm³/mol. The molecule has 0 radical (unpaired) electrons. The van der Waals surface area contributed by atoms with Crippen molar-refractivity contribution in [3.63, 3.8) is 0 Å². The lowest BCUT2D eigenvalue weighted by Gasteiger charge is -2.08. The van der Waals surface area contributed by atoms with E-state index in [9.17, 15) is 9.59 Å². The van der Waals surface area contributed by atoms with Crippen LogP contribution < -0.4 is 5.32 Å². The number of aromatic nitrogens is 1. The Morgan fingerprint density at radius 3 is 2.76 bits per heavy atom. The summed E-state index contributed by atoms with van der Waals surface area (Å²) in [5.41, 5.74) is 1.30. The third-order valence-corrected chi connectivity index (χ3v) is 2.55. The highest BCUT2D eigenvalue weighted by molar-refractivity contribution is 6.07. The number of carbonyl (C=O) groups is 2. The summed E-state index contributed by atoms with van der Waals surface area (Å²) < 4.78 is 0. The Kier molecular flexibility index (Phi) is 2.82. The first-order chi connectivity index (χ1) is 8.09. The van der Waals surface area contributed by atoms with E-state index in [1.807, 2.05) is 24.3 Å². The molecule has 88 valence electrons. The first-order valence-electron chi connectivity index (χ1n) is 5.19. The number of aromatic amines is 1. The summed E-state index contributed by atoms with van der Waals surface area (Å²) >= 11 is 0. The molecule has 5 heteroatoms. The SMILES string of the molecule is C[C@@H](NC(=O)c1c[nH]c2ccccc12)C(=O)O. The zero-order valence-electron chi connectivity index (χ0n) is 9.23. The number of carbonyl (C=O) groups excluding carboxylic acids is 1. The van der Waals surface area contributed by atoms with Crippen LogP contribution in [0, 0.1) is 0 Å². The number of amides is 1. The van der Waals surface area contributed by atoms with Crippen LogP contribution in [-0.2, 0) is 4.79 Å². The molecule has 3 N–H and O–H groups in total. The average molecular weight is 232 g/mol. The summed E-state index contributed by atoms with van der Waals surface area (Å²) in [6.45, 7) is 1.43. The molecule has 1 amide bonds. The van der Waals surface area contributed by atoms with Gasteiger partial charge in [0.15, 0.2) is 0 Å². The van der Waals surface area contributed by atoms with Gasteiger partial charge in [-0.2, -0.15) is 0 Å². The fraction of sp³-hybridized carbons (Fsp3) is 0.167. The number of fused-ring (bicyclic) bond motifs is 1. The van der Waals surface area contributed by atoms with Gasteiger partial charge < -0.3 is 15.4 Å². The van der Waals surface area contributed by atoms with E-state index in [2.05, 4.69) is 10.3 Å². The number of hydrogen-bond acceptors (Lipinski definition) is 2. The lowest BCUT2D eigenvalue weighted by atomic mass is 10.1. The molecule has 0 aliphatic rings. The standard InChI is InChI=1S/C12H12N2O3/c1-7(12(16)17)14-11(15)9-6-13-10-5-3-2-4-8(9)10/h2-7,13H,1H3,(H,14,15)(H,16,17)/t7-/m1/s1. The van der Waals surface area contributed by atoms with Crippen LogP contribution in [0.25, 0.3) is 10.9 Å². The Morgan fingerprint density at radius 1 is 1.35 bits per heavy atom. The molecule has 2 rings (SSSR count). The van der Waals surface area contributed by atoms with Crippen LogP contribution in [0.5, 0.6) is 0 Å². The number of hydrogen-bond donors (Lipinski definition) is 3. The Morgan fingerprint density at radius 2 is 2.06 bits per heavy atom. The second-order valence-corrected chi connectivity index (χ2v) is 3.78. The molecule has 1 atom stereocenters. The Hall–Kier alpha value is -2.30. The first-order valence-corrected chi connectivity index (χ1v) is 5.19. The molecular weight excluding hydrogens is 220 g/mol. The summed E-state index contributed by atoms with van der Waals surface area (Å²) in [5, 5.41) is 11.9. The normalized spacial score (nSPS) is 12.3. The molecule has 5 nitrogen and oxygen atoms in total. The molecule has 0 saturated heterocycles. The number of benzene rings is 1. The molecule has 0 aliphatic heterocycles. The number of aliphatic carboxylic acids is 1. The quantitative estimate of drug-likeness (QED) is 0.747. The van der Waals surface area contributed by atoms with Crippen LogP contribution >= 0.6 is 0 Å². The van der Waals surface area contributed by atoms with E-state index in [1.165, 1.54) is 6.92 Å². The summed E-state index contributed by atoms with van der Waals surface area (Å²) in [4.78, 5) is 25.4. The average Bonchev–Trinajstić information content (AvgIpc) is 2.72. The van der Waals surface area contributed by atoms with Crippen molar-refractivity contribution in [1.82, 2.24) is 10.3 Å². The van der Waals surface area contributed by atoms with Crippen molar-refractivity contribution >= 4 is 22.8 Å². The van der Waals surface area contributed by atoms with Gasteiger partial charge in [-0.3, -0.25) is 9.59 Å². The van der Waals surface area contributed by atoms with Crippen LogP contribution in [0.1, 0.15) is 17.3 Å². The van der Waals surface area contributed by atoms with Crippen LogP contribution in [0.4, 0.5) is 0 Å². The van der Waals surface area contributed by atoms with Gasteiger partial charge in [-0.25, -0.2) is 0 Å². The van der Waals surface area contributed by atoms with Gasteiger partial charge in [0.05, 0.1) is 5.56 Å². The van der Waals surface area contributed by atoms with E-state index in [1.54, 1.807) is 6.20 Å². The van der Waals surface area contributed by atoms with E-state index in [0.29, 0.717) is 5.56 Å². The molecule has 1 heterocycles. The molecule has 0 spiro atoms. The minimum atomic E-state index is -1.06. The smallest absolute Gasteiger partial charge is 0.325 e. The van der Waals surface area contributed by atoms with Gasteiger partial charge in [0.25, 0.3) is 5.91 Å². The third kappa shape index (κ3) is 2.13. The van der Waals surface area contributed by atoms with E-state index in [-0.39, 0.29) is 0 Å². The number of para-hydroxylation sites is 1. The van der Waals surface area contributed by atoms with Crippen molar-refractivity contribution in [3.05, 3.63) is 36.0 Å². The molecule has 0 saturated carbocycles. The van der Waals surface area contributed by atoms with E-state index in [4.69, 9.17) is 5.11 Å². The molecule has 1 aromatic carbocycles. The highest BCUT2D eigenvalue weighted by Crippen LogP contribution is 2.17. The topological polar surface area (TPSA) is 82.2 Å². The van der Waals surface area contributed by atoms with Crippen LogP contribution in [-0.4, -0.2) is 28.0 Å². The second kappa shape index (κ2) is 4.29. The zero-order valence-corrected chi connectivity index (χ0v) is 9.23. The largest absolute Gasteiger partial charge is 0.480 e. The van der Waals surface area contributed by atoms with E-state index < -0.39 is 17.9 Å². The van der Waals surface area contributed by atoms with Gasteiger partial charge in [-0.15, -0.1) is 0 Å². The minimum Gasteiger partial charge on any atom is -0.480 e. The third-order valence-electron chi connectivity index (χ3n) is 2.55. The summed E-state index contributed by atoms with van der Waals surface area (Å²) in [6.07, 6.45) is 1.58. The van der Waals surface area contributed by atoms with Crippen LogP contribution in [0.15, 0.2) is 30.5 Å². The monoisotopic (exact) mass is 232 g/mol. The first kappa shape index (κ1) is 11.2. The van der Waals surface area contributed by atoms with Gasteiger partial charge in [0.1, 0.15) is 6.04 Å². The van der Waals surface area contributed by atoms with Gasteiger partial charge >= 0.3 is 5.97 Å². The molecule has 17 heavy (non-hydrogen) atoms. The van der Waals surface area contributed by atoms with Crippen molar-refractivity contribution in [2.24, 2.45) is 0 Å². The van der Waals surface area contributed by atoms with Gasteiger partial charge in [0, 0.05) is 17.1 Å². The molecule has 0 fully saturated rings. The fourth-order valence-corrected chi connectivity index (χ4v) is 1.60. The Bertz CT molecular complexity index is 574. The highest BCUT2D eigenvalue weighted by Gasteiger charge is 2.17. The number of H-pyrrole nitrogens is 1.